The normalized spacial score (nSPS) is 13.6. The molecule has 0 saturated carbocycles. The lowest BCUT2D eigenvalue weighted by atomic mass is 10.4. The van der Waals surface area contributed by atoms with Gasteiger partial charge in [0.15, 0.2) is 8.32 Å². The molecule has 0 radical (unpaired) electrons. The third-order valence-corrected chi connectivity index (χ3v) is 26.2. The van der Waals surface area contributed by atoms with E-state index in [2.05, 4.69) is 113 Å². The van der Waals surface area contributed by atoms with Crippen molar-refractivity contribution in [2.45, 2.75) is 90.4 Å². The smallest absolute Gasteiger partial charge is 0.430 e. The van der Waals surface area contributed by atoms with Gasteiger partial charge in [-0.3, -0.25) is 0 Å². The minimum absolute atomic E-state index is 0. The van der Waals surface area contributed by atoms with Crippen molar-refractivity contribution in [2.24, 2.45) is 0 Å². The van der Waals surface area contributed by atoms with Crippen molar-refractivity contribution in [1.82, 2.24) is 0 Å². The van der Waals surface area contributed by atoms with E-state index >= 15 is 0 Å². The predicted molar refractivity (Wildman–Crippen MR) is 213 cm³/mol. The van der Waals surface area contributed by atoms with E-state index in [0.29, 0.717) is 0 Å². The summed E-state index contributed by atoms with van der Waals surface area (Å²) >= 11 is 0. The van der Waals surface area contributed by atoms with Gasteiger partial charge in [0.25, 0.3) is 0 Å². The van der Waals surface area contributed by atoms with Gasteiger partial charge in [-0.05, 0) is 54.8 Å². The zero-order valence-electron chi connectivity index (χ0n) is 23.9. The van der Waals surface area contributed by atoms with Gasteiger partial charge in [-0.25, -0.2) is 0 Å². The van der Waals surface area contributed by atoms with E-state index in [-0.39, 0.29) is 44.6 Å². The lowest BCUT2D eigenvalue weighted by molar-refractivity contribution is 0.243. The molecular weight excluding hydrogens is 625 g/mol. The van der Waals surface area contributed by atoms with Gasteiger partial charge in [0, 0.05) is 6.55 Å². The fourth-order valence-electron chi connectivity index (χ4n) is 4.53. The molecule has 0 aliphatic rings. The molecule has 0 aliphatic carbocycles. The fourth-order valence-corrected chi connectivity index (χ4v) is 25.7. The lowest BCUT2D eigenvalue weighted by Crippen LogP contribution is -2.70. The maximum Gasteiger partial charge on any atom is 0.468 e. The third kappa shape index (κ3) is 12.5. The fraction of sp³-hybridized carbons (Fsp3) is 0.371. The van der Waals surface area contributed by atoms with Crippen LogP contribution in [0.5, 0.6) is 0 Å². The molecule has 9 heteroatoms. The van der Waals surface area contributed by atoms with Crippen LogP contribution in [0.4, 0.5) is 0 Å². The third-order valence-electron chi connectivity index (χ3n) is 6.61. The molecule has 0 heterocycles. The summed E-state index contributed by atoms with van der Waals surface area (Å²) in [7, 11) is -13.7. The van der Waals surface area contributed by atoms with Crippen LogP contribution in [0.25, 0.3) is 0 Å². The Bertz CT molecular complexity index is 1170. The van der Waals surface area contributed by atoms with Gasteiger partial charge in [-0.2, -0.15) is 0 Å². The van der Waals surface area contributed by atoms with Gasteiger partial charge >= 0.3 is 17.4 Å². The van der Waals surface area contributed by atoms with Crippen LogP contribution in [0.1, 0.15) is 44.6 Å². The highest BCUT2D eigenvalue weighted by Gasteiger charge is 2.54. The van der Waals surface area contributed by atoms with E-state index < -0.39 is 42.3 Å². The van der Waals surface area contributed by atoms with E-state index in [1.54, 1.807) is 0 Å². The molecule has 4 nitrogen and oxygen atoms in total. The molecular formula is C35H66O4Si5. The average Bonchev–Trinajstić information content (AvgIpc) is 2.89. The summed E-state index contributed by atoms with van der Waals surface area (Å²) < 4.78 is 28.5. The monoisotopic (exact) mass is 690 g/mol. The summed E-state index contributed by atoms with van der Waals surface area (Å²) in [5, 5.41) is 3.38. The highest BCUT2D eigenvalue weighted by Crippen LogP contribution is 2.28. The van der Waals surface area contributed by atoms with E-state index in [0.717, 1.165) is 5.19 Å². The average molecular weight is 691 g/mol. The number of hydrogen-bond acceptors (Lipinski definition) is 4. The first kappa shape index (κ1) is 49.0. The van der Waals surface area contributed by atoms with E-state index in [4.69, 9.17) is 16.5 Å². The van der Waals surface area contributed by atoms with Crippen LogP contribution in [0.3, 0.4) is 0 Å². The standard InChI is InChI=1S/C29H42O4Si5.6CH4/c1-10-34(3,4)30-37(8,29-25-19-14-20-26-29)33-38(9,31-35(5,6)11-2)32-36(7,27-21-15-12-16-22-27)28-23-17-13-18-24-28;;;;;;/h10-26H,1-2H2,3-9H3;6*1H4. The molecule has 0 bridgehead atoms. The van der Waals surface area contributed by atoms with Crippen molar-refractivity contribution in [2.75, 3.05) is 0 Å². The first-order chi connectivity index (χ1) is 17.8. The quantitative estimate of drug-likeness (QED) is 0.167. The topological polar surface area (TPSA) is 36.9 Å². The van der Waals surface area contributed by atoms with Crippen LogP contribution in [-0.2, 0) is 16.5 Å². The Kier molecular flexibility index (Phi) is 21.8. The van der Waals surface area contributed by atoms with Crippen LogP contribution in [0.15, 0.2) is 116 Å². The maximum absolute atomic E-state index is 7.37. The summed E-state index contributed by atoms with van der Waals surface area (Å²) in [4.78, 5) is 0. The highest BCUT2D eigenvalue weighted by atomic mass is 28.5. The molecule has 3 aromatic carbocycles. The van der Waals surface area contributed by atoms with E-state index in [1.165, 1.54) is 10.4 Å². The molecule has 250 valence electrons. The second-order valence-corrected chi connectivity index (χ2v) is 28.9. The van der Waals surface area contributed by atoms with Crippen molar-refractivity contribution in [3.8, 4) is 0 Å². The molecule has 2 atom stereocenters. The van der Waals surface area contributed by atoms with Gasteiger partial charge < -0.3 is 16.5 Å². The Morgan fingerprint density at radius 3 is 1.09 bits per heavy atom. The Balaban J connectivity index is -0.00000133. The summed E-state index contributed by atoms with van der Waals surface area (Å²) in [5.41, 5.74) is 3.90. The van der Waals surface area contributed by atoms with Gasteiger partial charge in [0.1, 0.15) is 0 Å². The van der Waals surface area contributed by atoms with Crippen LogP contribution < -0.4 is 15.6 Å². The molecule has 0 spiro atoms. The van der Waals surface area contributed by atoms with E-state index in [1.807, 2.05) is 48.3 Å². The van der Waals surface area contributed by atoms with Crippen molar-refractivity contribution in [3.05, 3.63) is 116 Å². The molecule has 0 N–H and O–H groups in total. The molecule has 0 saturated heterocycles. The molecule has 0 amide bonds. The first-order valence-electron chi connectivity index (χ1n) is 13.0. The van der Waals surface area contributed by atoms with Crippen molar-refractivity contribution < 1.29 is 16.5 Å². The summed E-state index contributed by atoms with van der Waals surface area (Å²) in [6.07, 6.45) is 0. The SMILES string of the molecule is C.C.C.C.C.C.C=C[Si](C)(C)O[Si](C)(O[Si](C)(O[Si](C)(C)C=C)c1ccccc1)O[Si](C)(c1ccccc1)c1ccccc1. The molecule has 2 unspecified atom stereocenters. The second kappa shape index (κ2) is 19.6. The highest BCUT2D eigenvalue weighted by molar-refractivity contribution is 7.03. The van der Waals surface area contributed by atoms with E-state index in [9.17, 15) is 0 Å². The summed E-state index contributed by atoms with van der Waals surface area (Å²) in [6, 6.07) is 31.2. The molecule has 3 aromatic rings. The van der Waals surface area contributed by atoms with Gasteiger partial charge in [-0.15, -0.1) is 13.2 Å². The predicted octanol–water partition coefficient (Wildman–Crippen LogP) is 9.67. The number of rotatable bonds is 13. The Labute approximate surface area is 279 Å². The molecule has 0 aliphatic heterocycles. The lowest BCUT2D eigenvalue weighted by Gasteiger charge is -2.45. The van der Waals surface area contributed by atoms with Crippen LogP contribution in [-0.4, -0.2) is 42.3 Å². The molecule has 0 aromatic heterocycles. The Morgan fingerprint density at radius 1 is 0.432 bits per heavy atom. The van der Waals surface area contributed by atoms with Crippen molar-refractivity contribution >= 4 is 57.9 Å². The number of hydrogen-bond donors (Lipinski definition) is 0. The Hall–Kier alpha value is -1.94. The molecule has 0 fully saturated rings. The largest absolute Gasteiger partial charge is 0.468 e. The summed E-state index contributed by atoms with van der Waals surface area (Å²) in [5.74, 6) is 0. The minimum atomic E-state index is -3.36. The van der Waals surface area contributed by atoms with Crippen LogP contribution >= 0.6 is 0 Å². The summed E-state index contributed by atoms with van der Waals surface area (Å²) in [6.45, 7) is 23.1. The van der Waals surface area contributed by atoms with Crippen molar-refractivity contribution in [1.29, 1.82) is 0 Å². The maximum atomic E-state index is 7.37. The van der Waals surface area contributed by atoms with Crippen LogP contribution in [0.2, 0.25) is 45.8 Å². The van der Waals surface area contributed by atoms with Gasteiger partial charge in [-0.1, -0.05) is 147 Å². The van der Waals surface area contributed by atoms with Gasteiger partial charge in [0.2, 0.25) is 16.6 Å². The zero-order valence-corrected chi connectivity index (χ0v) is 28.9. The Morgan fingerprint density at radius 2 is 0.750 bits per heavy atom. The van der Waals surface area contributed by atoms with Gasteiger partial charge in [0.05, 0.1) is 0 Å². The zero-order chi connectivity index (χ0) is 28.1. The van der Waals surface area contributed by atoms with Crippen LogP contribution in [0, 0.1) is 0 Å². The van der Waals surface area contributed by atoms with Crippen molar-refractivity contribution in [3.63, 3.8) is 0 Å². The molecule has 3 rings (SSSR count). The molecule has 44 heavy (non-hydrogen) atoms. The minimum Gasteiger partial charge on any atom is -0.430 e. The number of benzene rings is 3. The first-order valence-corrected chi connectivity index (χ1v) is 25.9. The second-order valence-electron chi connectivity index (χ2n) is 11.0.